The van der Waals surface area contributed by atoms with E-state index < -0.39 is 32.5 Å². The number of hydrogen-bond donors (Lipinski definition) is 3. The Morgan fingerprint density at radius 2 is 1.72 bits per heavy atom. The smallest absolute Gasteiger partial charge is 0.337 e. The molecule has 0 spiro atoms. The average Bonchev–Trinajstić information content (AvgIpc) is 2.51. The van der Waals surface area contributed by atoms with Crippen molar-refractivity contribution in [1.29, 1.82) is 0 Å². The van der Waals surface area contributed by atoms with Crippen LogP contribution in [0.2, 0.25) is 0 Å². The molecule has 0 aliphatic carbocycles. The van der Waals surface area contributed by atoms with Crippen LogP contribution in [-0.2, 0) is 16.6 Å². The zero-order valence-corrected chi connectivity index (χ0v) is 14.3. The van der Waals surface area contributed by atoms with Gasteiger partial charge in [-0.05, 0) is 32.0 Å². The molecule has 1 aromatic heterocycles. The first-order chi connectivity index (χ1) is 11.7. The Morgan fingerprint density at radius 3 is 2.32 bits per heavy atom. The largest absolute Gasteiger partial charge is 0.478 e. The molecular formula is C15H16N4O5S. The van der Waals surface area contributed by atoms with Gasteiger partial charge in [-0.15, -0.1) is 0 Å². The maximum atomic E-state index is 12.2. The number of sulfonamides is 1. The van der Waals surface area contributed by atoms with Crippen LogP contribution in [0, 0.1) is 13.8 Å². The number of urea groups is 1. The molecule has 0 fully saturated rings. The van der Waals surface area contributed by atoms with E-state index >= 15 is 0 Å². The number of carboxylic acids is 1. The highest BCUT2D eigenvalue weighted by molar-refractivity contribution is 7.90. The van der Waals surface area contributed by atoms with Crippen molar-refractivity contribution in [2.75, 3.05) is 0 Å². The Balaban J connectivity index is 2.10. The van der Waals surface area contributed by atoms with Crippen LogP contribution >= 0.6 is 0 Å². The molecule has 0 bridgehead atoms. The highest BCUT2D eigenvalue weighted by Gasteiger charge is 2.23. The van der Waals surface area contributed by atoms with Gasteiger partial charge in [0.25, 0.3) is 10.0 Å². The number of nitrogens with one attached hydrogen (secondary N) is 2. The average molecular weight is 364 g/mol. The molecule has 1 heterocycles. The molecule has 0 aliphatic rings. The summed E-state index contributed by atoms with van der Waals surface area (Å²) in [6.07, 6.45) is 0. The molecule has 0 saturated carbocycles. The fourth-order valence-electron chi connectivity index (χ4n) is 2.13. The lowest BCUT2D eigenvalue weighted by molar-refractivity contribution is 0.0692. The molecule has 0 saturated heterocycles. The van der Waals surface area contributed by atoms with Gasteiger partial charge in [0, 0.05) is 11.4 Å². The number of carboxylic acid groups (broad SMARTS) is 1. The third-order valence-electron chi connectivity index (χ3n) is 3.07. The van der Waals surface area contributed by atoms with Gasteiger partial charge in [0.1, 0.15) is 10.7 Å². The van der Waals surface area contributed by atoms with E-state index in [1.165, 1.54) is 12.1 Å². The van der Waals surface area contributed by atoms with E-state index in [0.717, 1.165) is 12.1 Å². The summed E-state index contributed by atoms with van der Waals surface area (Å²) in [4.78, 5) is 30.7. The van der Waals surface area contributed by atoms with Crippen molar-refractivity contribution in [3.8, 4) is 0 Å². The molecular weight excluding hydrogens is 348 g/mol. The van der Waals surface area contributed by atoms with E-state index in [4.69, 9.17) is 5.11 Å². The first-order valence-electron chi connectivity index (χ1n) is 7.13. The van der Waals surface area contributed by atoms with Gasteiger partial charge >= 0.3 is 12.0 Å². The zero-order chi connectivity index (χ0) is 18.6. The third-order valence-corrected chi connectivity index (χ3v) is 4.46. The van der Waals surface area contributed by atoms with Gasteiger partial charge in [-0.2, -0.15) is 0 Å². The van der Waals surface area contributed by atoms with Crippen molar-refractivity contribution in [2.24, 2.45) is 0 Å². The number of benzene rings is 1. The molecule has 10 heteroatoms. The number of rotatable bonds is 5. The Hall–Kier alpha value is -3.01. The van der Waals surface area contributed by atoms with Gasteiger partial charge < -0.3 is 10.4 Å². The summed E-state index contributed by atoms with van der Waals surface area (Å²) in [6, 6.07) is 5.74. The highest BCUT2D eigenvalue weighted by Crippen LogP contribution is 2.15. The molecule has 0 unspecified atom stereocenters. The number of carbonyl (C=O) groups is 2. The van der Waals surface area contributed by atoms with E-state index in [9.17, 15) is 18.0 Å². The number of aromatic nitrogens is 2. The summed E-state index contributed by atoms with van der Waals surface area (Å²) in [5.74, 6) is -1.08. The first kappa shape index (κ1) is 18.3. The summed E-state index contributed by atoms with van der Waals surface area (Å²) < 4.78 is 26.2. The lowest BCUT2D eigenvalue weighted by atomic mass is 10.2. The lowest BCUT2D eigenvalue weighted by Crippen LogP contribution is -2.39. The first-order valence-corrected chi connectivity index (χ1v) is 8.61. The molecule has 9 nitrogen and oxygen atoms in total. The molecule has 2 amide bonds. The summed E-state index contributed by atoms with van der Waals surface area (Å²) in [5.41, 5.74) is 1.00. The van der Waals surface area contributed by atoms with Gasteiger partial charge in [-0.3, -0.25) is 0 Å². The summed E-state index contributed by atoms with van der Waals surface area (Å²) >= 11 is 0. The van der Waals surface area contributed by atoms with Gasteiger partial charge in [-0.25, -0.2) is 32.7 Å². The molecule has 0 atom stereocenters. The van der Waals surface area contributed by atoms with Crippen LogP contribution in [-0.4, -0.2) is 35.5 Å². The van der Waals surface area contributed by atoms with Crippen molar-refractivity contribution in [2.45, 2.75) is 25.3 Å². The number of aryl methyl sites for hydroxylation is 2. The van der Waals surface area contributed by atoms with E-state index in [-0.39, 0.29) is 6.54 Å². The maximum absolute atomic E-state index is 12.2. The quantitative estimate of drug-likeness (QED) is 0.719. The molecule has 132 valence electrons. The van der Waals surface area contributed by atoms with Gasteiger partial charge in [-0.1, -0.05) is 12.1 Å². The molecule has 2 aromatic rings. The topological polar surface area (TPSA) is 138 Å². The normalized spacial score (nSPS) is 11.0. The van der Waals surface area contributed by atoms with Gasteiger partial charge in [0.05, 0.1) is 12.1 Å². The van der Waals surface area contributed by atoms with E-state index in [1.807, 2.05) is 0 Å². The lowest BCUT2D eigenvalue weighted by Gasteiger charge is -2.10. The monoisotopic (exact) mass is 364 g/mol. The van der Waals surface area contributed by atoms with Crippen molar-refractivity contribution >= 4 is 22.0 Å². The molecule has 25 heavy (non-hydrogen) atoms. The van der Waals surface area contributed by atoms with Crippen molar-refractivity contribution in [3.63, 3.8) is 0 Å². The predicted octanol–water partition coefficient (Wildman–Crippen LogP) is 0.980. The number of hydrogen-bond acceptors (Lipinski definition) is 6. The second-order valence-corrected chi connectivity index (χ2v) is 6.81. The van der Waals surface area contributed by atoms with Crippen LogP contribution in [0.3, 0.4) is 0 Å². The van der Waals surface area contributed by atoms with Crippen LogP contribution in [0.1, 0.15) is 27.6 Å². The summed E-state index contributed by atoms with van der Waals surface area (Å²) in [7, 11) is -4.34. The van der Waals surface area contributed by atoms with Crippen molar-refractivity contribution in [3.05, 3.63) is 53.1 Å². The minimum Gasteiger partial charge on any atom is -0.478 e. The van der Waals surface area contributed by atoms with Crippen LogP contribution in [0.4, 0.5) is 4.79 Å². The Kier molecular flexibility index (Phi) is 5.32. The third kappa shape index (κ3) is 4.73. The number of aromatic carboxylic acids is 1. The predicted molar refractivity (Wildman–Crippen MR) is 87.5 cm³/mol. The Morgan fingerprint density at radius 1 is 1.12 bits per heavy atom. The summed E-state index contributed by atoms with van der Waals surface area (Å²) in [5, 5.41) is 11.4. The number of carbonyl (C=O) groups excluding carboxylic acids is 1. The minimum atomic E-state index is -4.34. The second-order valence-electron chi connectivity index (χ2n) is 5.16. The molecule has 0 aliphatic heterocycles. The fourth-order valence-corrected chi connectivity index (χ4v) is 3.26. The van der Waals surface area contributed by atoms with Crippen LogP contribution in [0.15, 0.2) is 35.2 Å². The molecule has 3 N–H and O–H groups in total. The van der Waals surface area contributed by atoms with Crippen LogP contribution in [0.5, 0.6) is 0 Å². The van der Waals surface area contributed by atoms with Crippen LogP contribution in [0.25, 0.3) is 0 Å². The Bertz CT molecular complexity index is 907. The standard InChI is InChI=1S/C15H16N4O5S/c1-9-7-10(2)18-13(17-9)8-16-15(22)19-25(23,24)12-6-4-3-5-11(12)14(20)21/h3-7H,8H2,1-2H3,(H,20,21)(H2,16,19,22). The van der Waals surface area contributed by atoms with E-state index in [0.29, 0.717) is 17.2 Å². The Labute approximate surface area is 144 Å². The van der Waals surface area contributed by atoms with E-state index in [1.54, 1.807) is 24.6 Å². The zero-order valence-electron chi connectivity index (χ0n) is 13.5. The molecule has 1 aromatic carbocycles. The SMILES string of the molecule is Cc1cc(C)nc(CNC(=O)NS(=O)(=O)c2ccccc2C(=O)O)n1. The molecule has 0 radical (unpaired) electrons. The molecule has 2 rings (SSSR count). The minimum absolute atomic E-state index is 0.0789. The van der Waals surface area contributed by atoms with Crippen molar-refractivity contribution < 1.29 is 23.1 Å². The highest BCUT2D eigenvalue weighted by atomic mass is 32.2. The summed E-state index contributed by atoms with van der Waals surface area (Å²) in [6.45, 7) is 3.46. The van der Waals surface area contributed by atoms with Crippen molar-refractivity contribution in [1.82, 2.24) is 20.0 Å². The second kappa shape index (κ2) is 7.26. The maximum Gasteiger partial charge on any atom is 0.337 e. The fraction of sp³-hybridized carbons (Fsp3) is 0.200. The van der Waals surface area contributed by atoms with Gasteiger partial charge in [0.15, 0.2) is 0 Å². The number of amides is 2. The van der Waals surface area contributed by atoms with E-state index in [2.05, 4.69) is 15.3 Å². The number of nitrogens with zero attached hydrogens (tertiary/aromatic N) is 2. The van der Waals surface area contributed by atoms with Gasteiger partial charge in [0.2, 0.25) is 0 Å². The van der Waals surface area contributed by atoms with Crippen LogP contribution < -0.4 is 10.0 Å².